The normalized spacial score (nSPS) is 12.2. The molecule has 0 saturated carbocycles. The maximum atomic E-state index is 2.32. The molecule has 0 spiro atoms. The van der Waals surface area contributed by atoms with Crippen LogP contribution in [0.5, 0.6) is 0 Å². The zero-order valence-corrected chi connectivity index (χ0v) is 17.6. The standard InChI is InChI=1S/C24H26S2/c1-17-10-12-22(14-19(17)3)25-16-24(21-8-6-5-7-9-21)26-23-13-11-18(2)20(4)15-23/h5-15,24H,16H2,1-4H3. The number of thioether (sulfide) groups is 2. The lowest BCUT2D eigenvalue weighted by molar-refractivity contribution is 1.11. The molecule has 0 nitrogen and oxygen atoms in total. The molecule has 0 saturated heterocycles. The van der Waals surface area contributed by atoms with Crippen molar-refractivity contribution >= 4 is 23.5 Å². The van der Waals surface area contributed by atoms with E-state index in [0.717, 1.165) is 5.75 Å². The van der Waals surface area contributed by atoms with Gasteiger partial charge in [0.15, 0.2) is 0 Å². The lowest BCUT2D eigenvalue weighted by Gasteiger charge is -2.18. The minimum atomic E-state index is 0.435. The van der Waals surface area contributed by atoms with Crippen molar-refractivity contribution < 1.29 is 0 Å². The van der Waals surface area contributed by atoms with Crippen molar-refractivity contribution in [2.24, 2.45) is 0 Å². The van der Waals surface area contributed by atoms with Crippen LogP contribution in [0.1, 0.15) is 33.1 Å². The molecule has 0 aliphatic rings. The summed E-state index contributed by atoms with van der Waals surface area (Å²) in [6.07, 6.45) is 0. The van der Waals surface area contributed by atoms with E-state index in [1.54, 1.807) is 0 Å². The molecular weight excluding hydrogens is 352 g/mol. The summed E-state index contributed by atoms with van der Waals surface area (Å²) in [6, 6.07) is 24.5. The van der Waals surface area contributed by atoms with Crippen LogP contribution in [-0.2, 0) is 0 Å². The number of hydrogen-bond donors (Lipinski definition) is 0. The van der Waals surface area contributed by atoms with Gasteiger partial charge in [0.2, 0.25) is 0 Å². The molecule has 3 aromatic carbocycles. The highest BCUT2D eigenvalue weighted by atomic mass is 32.2. The van der Waals surface area contributed by atoms with Crippen LogP contribution in [0, 0.1) is 27.7 Å². The van der Waals surface area contributed by atoms with Gasteiger partial charge in [-0.1, -0.05) is 42.5 Å². The Morgan fingerprint density at radius 3 is 1.85 bits per heavy atom. The van der Waals surface area contributed by atoms with Gasteiger partial charge in [0.25, 0.3) is 0 Å². The smallest absolute Gasteiger partial charge is 0.0438 e. The molecule has 1 unspecified atom stereocenters. The third kappa shape index (κ3) is 4.96. The molecule has 0 radical (unpaired) electrons. The fourth-order valence-corrected chi connectivity index (χ4v) is 5.24. The Morgan fingerprint density at radius 2 is 1.23 bits per heavy atom. The summed E-state index contributed by atoms with van der Waals surface area (Å²) >= 11 is 3.92. The Bertz CT molecular complexity index is 869. The average Bonchev–Trinajstić information content (AvgIpc) is 2.65. The topological polar surface area (TPSA) is 0 Å². The highest BCUT2D eigenvalue weighted by molar-refractivity contribution is 8.03. The summed E-state index contributed by atoms with van der Waals surface area (Å²) in [5.74, 6) is 1.06. The molecule has 0 fully saturated rings. The predicted octanol–water partition coefficient (Wildman–Crippen LogP) is 7.55. The van der Waals surface area contributed by atoms with Crippen molar-refractivity contribution in [1.82, 2.24) is 0 Å². The summed E-state index contributed by atoms with van der Waals surface area (Å²) in [5.41, 5.74) is 6.84. The average molecular weight is 379 g/mol. The maximum absolute atomic E-state index is 2.32. The van der Waals surface area contributed by atoms with Crippen molar-refractivity contribution in [2.45, 2.75) is 42.7 Å². The second kappa shape index (κ2) is 8.83. The first-order valence-electron chi connectivity index (χ1n) is 9.02. The van der Waals surface area contributed by atoms with E-state index in [1.165, 1.54) is 37.6 Å². The van der Waals surface area contributed by atoms with Gasteiger partial charge in [-0.25, -0.2) is 0 Å². The molecule has 0 amide bonds. The minimum Gasteiger partial charge on any atom is -0.125 e. The summed E-state index contributed by atoms with van der Waals surface area (Å²) in [4.78, 5) is 2.71. The van der Waals surface area contributed by atoms with Gasteiger partial charge in [-0.15, -0.1) is 23.5 Å². The molecule has 1 atom stereocenters. The molecule has 3 aromatic rings. The highest BCUT2D eigenvalue weighted by Crippen LogP contribution is 2.39. The molecule has 26 heavy (non-hydrogen) atoms. The van der Waals surface area contributed by atoms with Crippen LogP contribution >= 0.6 is 23.5 Å². The molecule has 3 rings (SSSR count). The minimum absolute atomic E-state index is 0.435. The van der Waals surface area contributed by atoms with Gasteiger partial charge in [0.05, 0.1) is 0 Å². The first kappa shape index (κ1) is 19.1. The Kier molecular flexibility index (Phi) is 6.50. The second-order valence-electron chi connectivity index (χ2n) is 6.82. The van der Waals surface area contributed by atoms with Crippen molar-refractivity contribution in [3.05, 3.63) is 94.5 Å². The quantitative estimate of drug-likeness (QED) is 0.406. The third-order valence-electron chi connectivity index (χ3n) is 4.81. The van der Waals surface area contributed by atoms with Gasteiger partial charge in [0, 0.05) is 20.8 Å². The second-order valence-corrected chi connectivity index (χ2v) is 9.19. The van der Waals surface area contributed by atoms with Gasteiger partial charge in [0.1, 0.15) is 0 Å². The fraction of sp³-hybridized carbons (Fsp3) is 0.250. The van der Waals surface area contributed by atoms with Gasteiger partial charge in [-0.3, -0.25) is 0 Å². The SMILES string of the molecule is Cc1ccc(SCC(Sc2ccc(C)c(C)c2)c2ccccc2)cc1C. The van der Waals surface area contributed by atoms with Gasteiger partial charge in [-0.2, -0.15) is 0 Å². The molecular formula is C24H26S2. The summed E-state index contributed by atoms with van der Waals surface area (Å²) < 4.78 is 0. The van der Waals surface area contributed by atoms with Crippen molar-refractivity contribution in [3.63, 3.8) is 0 Å². The van der Waals surface area contributed by atoms with E-state index in [-0.39, 0.29) is 0 Å². The first-order valence-corrected chi connectivity index (χ1v) is 10.9. The van der Waals surface area contributed by atoms with E-state index >= 15 is 0 Å². The van der Waals surface area contributed by atoms with Crippen molar-refractivity contribution in [2.75, 3.05) is 5.75 Å². The summed E-state index contributed by atoms with van der Waals surface area (Å²) in [7, 11) is 0. The Labute approximate surface area is 166 Å². The van der Waals surface area contributed by atoms with Gasteiger partial charge >= 0.3 is 0 Å². The lowest BCUT2D eigenvalue weighted by atomic mass is 10.1. The van der Waals surface area contributed by atoms with Crippen LogP contribution in [0.25, 0.3) is 0 Å². The van der Waals surface area contributed by atoms with E-state index in [4.69, 9.17) is 0 Å². The number of hydrogen-bond acceptors (Lipinski definition) is 2. The lowest BCUT2D eigenvalue weighted by Crippen LogP contribution is -1.98. The van der Waals surface area contributed by atoms with Crippen LogP contribution in [0.4, 0.5) is 0 Å². The van der Waals surface area contributed by atoms with Crippen molar-refractivity contribution in [3.8, 4) is 0 Å². The number of rotatable bonds is 6. The first-order chi connectivity index (χ1) is 12.5. The van der Waals surface area contributed by atoms with E-state index in [1.807, 2.05) is 23.5 Å². The molecule has 0 aromatic heterocycles. The molecule has 134 valence electrons. The zero-order chi connectivity index (χ0) is 18.5. The molecule has 0 bridgehead atoms. The summed E-state index contributed by atoms with van der Waals surface area (Å²) in [6.45, 7) is 8.73. The van der Waals surface area contributed by atoms with Crippen LogP contribution < -0.4 is 0 Å². The van der Waals surface area contributed by atoms with Gasteiger partial charge < -0.3 is 0 Å². The molecule has 0 aliphatic carbocycles. The van der Waals surface area contributed by atoms with E-state index < -0.39 is 0 Å². The number of benzene rings is 3. The van der Waals surface area contributed by atoms with E-state index in [0.29, 0.717) is 5.25 Å². The monoisotopic (exact) mass is 378 g/mol. The van der Waals surface area contributed by atoms with Crippen LogP contribution in [0.15, 0.2) is 76.5 Å². The van der Waals surface area contributed by atoms with Crippen LogP contribution in [-0.4, -0.2) is 5.75 Å². The largest absolute Gasteiger partial charge is 0.125 e. The predicted molar refractivity (Wildman–Crippen MR) is 118 cm³/mol. The molecule has 0 aliphatic heterocycles. The Hall–Kier alpha value is -1.64. The van der Waals surface area contributed by atoms with Crippen molar-refractivity contribution in [1.29, 1.82) is 0 Å². The number of aryl methyl sites for hydroxylation is 4. The van der Waals surface area contributed by atoms with E-state index in [9.17, 15) is 0 Å². The molecule has 0 N–H and O–H groups in total. The zero-order valence-electron chi connectivity index (χ0n) is 16.0. The van der Waals surface area contributed by atoms with Gasteiger partial charge in [-0.05, 0) is 79.8 Å². The molecule has 0 heterocycles. The molecule has 2 heteroatoms. The van der Waals surface area contributed by atoms with Crippen LogP contribution in [0.3, 0.4) is 0 Å². The van der Waals surface area contributed by atoms with Crippen LogP contribution in [0.2, 0.25) is 0 Å². The Morgan fingerprint density at radius 1 is 0.654 bits per heavy atom. The summed E-state index contributed by atoms with van der Waals surface area (Å²) in [5, 5.41) is 0.435. The third-order valence-corrected chi connectivity index (χ3v) is 7.36. The Balaban J connectivity index is 1.79. The van der Waals surface area contributed by atoms with E-state index in [2.05, 4.69) is 94.4 Å². The highest BCUT2D eigenvalue weighted by Gasteiger charge is 2.14. The maximum Gasteiger partial charge on any atom is 0.0438 e. The fourth-order valence-electron chi connectivity index (χ4n) is 2.79.